The van der Waals surface area contributed by atoms with Gasteiger partial charge in [-0.05, 0) is 27.7 Å². The molecule has 0 saturated carbocycles. The highest BCUT2D eigenvalue weighted by Gasteiger charge is 2.52. The van der Waals surface area contributed by atoms with Crippen LogP contribution in [0, 0.1) is 0 Å². The van der Waals surface area contributed by atoms with Crippen molar-refractivity contribution in [3.63, 3.8) is 0 Å². The highest BCUT2D eigenvalue weighted by molar-refractivity contribution is 6.61. The zero-order chi connectivity index (χ0) is 20.5. The molecule has 0 bridgehead atoms. The topological polar surface area (TPSA) is 114 Å². The number of aliphatic hydroxyl groups is 2. The van der Waals surface area contributed by atoms with E-state index in [0.717, 1.165) is 5.46 Å². The number of nitrogens with zero attached hydrogens (tertiary/aromatic N) is 3. The van der Waals surface area contributed by atoms with E-state index in [9.17, 15) is 9.90 Å². The Morgan fingerprint density at radius 3 is 2.29 bits per heavy atom. The molecule has 9 nitrogen and oxygen atoms in total. The molecule has 0 radical (unpaired) electrons. The van der Waals surface area contributed by atoms with Crippen molar-refractivity contribution in [1.29, 1.82) is 0 Å². The lowest BCUT2D eigenvalue weighted by atomic mass is 9.81. The van der Waals surface area contributed by atoms with E-state index < -0.39 is 36.9 Å². The molecular formula is C18H28BN3O6. The number of hydrogen-bond acceptors (Lipinski definition) is 8. The van der Waals surface area contributed by atoms with Gasteiger partial charge in [-0.2, -0.15) is 0 Å². The average molecular weight is 393 g/mol. The van der Waals surface area contributed by atoms with Gasteiger partial charge in [0.2, 0.25) is 0 Å². The van der Waals surface area contributed by atoms with E-state index in [1.807, 2.05) is 27.7 Å². The number of hydrogen-bond donors (Lipinski definition) is 2. The van der Waals surface area contributed by atoms with E-state index >= 15 is 0 Å². The molecule has 1 aromatic rings. The van der Waals surface area contributed by atoms with E-state index in [4.69, 9.17) is 19.2 Å². The fourth-order valence-corrected chi connectivity index (χ4v) is 3.12. The molecule has 3 heterocycles. The molecule has 2 fully saturated rings. The summed E-state index contributed by atoms with van der Waals surface area (Å²) in [6.07, 6.45) is 3.02. The minimum absolute atomic E-state index is 0.113. The second kappa shape index (κ2) is 7.94. The number of amides is 1. The van der Waals surface area contributed by atoms with Crippen molar-refractivity contribution in [1.82, 2.24) is 14.9 Å². The molecule has 2 aliphatic heterocycles. The van der Waals surface area contributed by atoms with Crippen LogP contribution >= 0.6 is 0 Å². The van der Waals surface area contributed by atoms with Crippen molar-refractivity contribution in [2.24, 2.45) is 0 Å². The van der Waals surface area contributed by atoms with Crippen molar-refractivity contribution in [3.8, 4) is 6.01 Å². The fourth-order valence-electron chi connectivity index (χ4n) is 3.12. The van der Waals surface area contributed by atoms with E-state index in [-0.39, 0.29) is 12.1 Å². The Hall–Kier alpha value is -1.75. The number of rotatable bonds is 5. The lowest BCUT2D eigenvalue weighted by molar-refractivity contribution is -0.143. The molecule has 1 unspecified atom stereocenters. The van der Waals surface area contributed by atoms with Crippen LogP contribution in [0.15, 0.2) is 12.4 Å². The SMILES string of the molecule is CC1(C)OB(c2cnc(OC3CCN(C(=O)C(O)CO)CC3)nc2)OC1(C)C. The summed E-state index contributed by atoms with van der Waals surface area (Å²) in [6.45, 7) is 8.28. The maximum absolute atomic E-state index is 11.9. The predicted molar refractivity (Wildman–Crippen MR) is 101 cm³/mol. The fraction of sp³-hybridized carbons (Fsp3) is 0.722. The average Bonchev–Trinajstić information content (AvgIpc) is 2.89. The Kier molecular flexibility index (Phi) is 5.95. The van der Waals surface area contributed by atoms with Crippen LogP contribution in [0.25, 0.3) is 0 Å². The second-order valence-corrected chi connectivity index (χ2v) is 8.23. The lowest BCUT2D eigenvalue weighted by Gasteiger charge is -2.32. The van der Waals surface area contributed by atoms with E-state index in [1.54, 1.807) is 12.4 Å². The van der Waals surface area contributed by atoms with Crippen molar-refractivity contribution < 1.29 is 29.1 Å². The third-order valence-electron chi connectivity index (χ3n) is 5.66. The summed E-state index contributed by atoms with van der Waals surface area (Å²) in [5.74, 6) is -0.455. The second-order valence-electron chi connectivity index (χ2n) is 8.23. The summed E-state index contributed by atoms with van der Waals surface area (Å²) >= 11 is 0. The van der Waals surface area contributed by atoms with Crippen molar-refractivity contribution >= 4 is 18.5 Å². The quantitative estimate of drug-likeness (QED) is 0.644. The molecule has 1 amide bonds. The van der Waals surface area contributed by atoms with Gasteiger partial charge < -0.3 is 29.2 Å². The molecule has 2 aliphatic rings. The standard InChI is InChI=1S/C18H28BN3O6/c1-17(2)18(3,4)28-19(27-17)12-9-20-16(21-10-12)26-13-5-7-22(8-6-13)15(25)14(24)11-23/h9-10,13-14,23-24H,5-8,11H2,1-4H3. The summed E-state index contributed by atoms with van der Waals surface area (Å²) in [7, 11) is -0.522. The molecule has 0 aromatic carbocycles. The molecule has 0 spiro atoms. The molecule has 1 atom stereocenters. The van der Waals surface area contributed by atoms with Crippen molar-refractivity contribution in [2.45, 2.75) is 63.9 Å². The summed E-state index contributed by atoms with van der Waals surface area (Å²) in [5.41, 5.74) is -0.131. The maximum atomic E-state index is 11.9. The van der Waals surface area contributed by atoms with Gasteiger partial charge in [-0.1, -0.05) is 0 Å². The molecule has 1 aromatic heterocycles. The van der Waals surface area contributed by atoms with Crippen LogP contribution in [-0.2, 0) is 14.1 Å². The molecule has 0 aliphatic carbocycles. The van der Waals surface area contributed by atoms with E-state index in [0.29, 0.717) is 25.9 Å². The molecular weight excluding hydrogens is 365 g/mol. The Morgan fingerprint density at radius 2 is 1.79 bits per heavy atom. The van der Waals surface area contributed by atoms with Gasteiger partial charge in [0.05, 0.1) is 17.8 Å². The zero-order valence-corrected chi connectivity index (χ0v) is 16.8. The molecule has 2 saturated heterocycles. The molecule has 3 rings (SSSR count). The van der Waals surface area contributed by atoms with Gasteiger partial charge in [0.15, 0.2) is 6.10 Å². The van der Waals surface area contributed by atoms with Gasteiger partial charge >= 0.3 is 13.1 Å². The number of carbonyl (C=O) groups excluding carboxylic acids is 1. The largest absolute Gasteiger partial charge is 0.498 e. The van der Waals surface area contributed by atoms with Crippen LogP contribution in [0.3, 0.4) is 0 Å². The molecule has 154 valence electrons. The van der Waals surface area contributed by atoms with Gasteiger partial charge in [-0.3, -0.25) is 4.79 Å². The lowest BCUT2D eigenvalue weighted by Crippen LogP contribution is -2.47. The zero-order valence-electron chi connectivity index (χ0n) is 16.8. The van der Waals surface area contributed by atoms with E-state index in [1.165, 1.54) is 4.90 Å². The highest BCUT2D eigenvalue weighted by atomic mass is 16.7. The smallest absolute Gasteiger partial charge is 0.460 e. The molecule has 28 heavy (non-hydrogen) atoms. The van der Waals surface area contributed by atoms with Crippen LogP contribution in [-0.4, -0.2) is 81.2 Å². The summed E-state index contributed by atoms with van der Waals surface area (Å²) in [5, 5.41) is 18.3. The monoisotopic (exact) mass is 393 g/mol. The number of piperidine rings is 1. The first-order valence-corrected chi connectivity index (χ1v) is 9.55. The summed E-state index contributed by atoms with van der Waals surface area (Å²) < 4.78 is 17.8. The highest BCUT2D eigenvalue weighted by Crippen LogP contribution is 2.36. The van der Waals surface area contributed by atoms with Crippen LogP contribution < -0.4 is 10.2 Å². The summed E-state index contributed by atoms with van der Waals surface area (Å²) in [6, 6.07) is 0.264. The van der Waals surface area contributed by atoms with Crippen LogP contribution in [0.4, 0.5) is 0 Å². The summed E-state index contributed by atoms with van der Waals surface area (Å²) in [4.78, 5) is 21.9. The first-order chi connectivity index (χ1) is 13.1. The number of carbonyl (C=O) groups is 1. The van der Waals surface area contributed by atoms with Crippen LogP contribution in [0.1, 0.15) is 40.5 Å². The number of likely N-dealkylation sites (tertiary alicyclic amines) is 1. The first kappa shape index (κ1) is 21.0. The van der Waals surface area contributed by atoms with Crippen molar-refractivity contribution in [2.75, 3.05) is 19.7 Å². The number of aromatic nitrogens is 2. The van der Waals surface area contributed by atoms with Gasteiger partial charge in [-0.25, -0.2) is 9.97 Å². The normalized spacial score (nSPS) is 22.9. The maximum Gasteiger partial charge on any atom is 0.498 e. The minimum atomic E-state index is -1.36. The van der Waals surface area contributed by atoms with Gasteiger partial charge in [0, 0.05) is 43.8 Å². The van der Waals surface area contributed by atoms with Crippen LogP contribution in [0.2, 0.25) is 0 Å². The Balaban J connectivity index is 1.53. The predicted octanol–water partition coefficient (Wildman–Crippen LogP) is -0.501. The van der Waals surface area contributed by atoms with Gasteiger partial charge in [0.25, 0.3) is 5.91 Å². The Morgan fingerprint density at radius 1 is 1.25 bits per heavy atom. The number of ether oxygens (including phenoxy) is 1. The Labute approximate surface area is 165 Å². The minimum Gasteiger partial charge on any atom is -0.460 e. The van der Waals surface area contributed by atoms with E-state index in [2.05, 4.69) is 9.97 Å². The first-order valence-electron chi connectivity index (χ1n) is 9.55. The van der Waals surface area contributed by atoms with Gasteiger partial charge in [0.1, 0.15) is 6.10 Å². The van der Waals surface area contributed by atoms with Crippen molar-refractivity contribution in [3.05, 3.63) is 12.4 Å². The third-order valence-corrected chi connectivity index (χ3v) is 5.66. The number of aliphatic hydroxyl groups excluding tert-OH is 2. The molecule has 10 heteroatoms. The van der Waals surface area contributed by atoms with Gasteiger partial charge in [-0.15, -0.1) is 0 Å². The van der Waals surface area contributed by atoms with Crippen LogP contribution in [0.5, 0.6) is 6.01 Å². The third kappa shape index (κ3) is 4.30. The Bertz CT molecular complexity index is 675. The molecule has 2 N–H and O–H groups in total.